The van der Waals surface area contributed by atoms with Crippen LogP contribution in [0.4, 0.5) is 10.1 Å². The molecule has 1 aromatic carbocycles. The van der Waals surface area contributed by atoms with Gasteiger partial charge in [-0.2, -0.15) is 0 Å². The minimum Gasteiger partial charge on any atom is -0.369 e. The summed E-state index contributed by atoms with van der Waals surface area (Å²) in [5.41, 5.74) is 7.26. The van der Waals surface area contributed by atoms with Crippen LogP contribution in [0.1, 0.15) is 38.2 Å². The smallest absolute Gasteiger partial charge is 0.146 e. The molecule has 1 atom stereocenters. The van der Waals surface area contributed by atoms with Crippen LogP contribution in [0, 0.1) is 11.7 Å². The van der Waals surface area contributed by atoms with Crippen molar-refractivity contribution < 1.29 is 4.39 Å². The molecular formula is C16H25FN2. The topological polar surface area (TPSA) is 29.3 Å². The first-order valence-corrected chi connectivity index (χ1v) is 7.48. The van der Waals surface area contributed by atoms with Crippen LogP contribution in [-0.2, 0) is 6.42 Å². The predicted molar refractivity (Wildman–Crippen MR) is 79.0 cm³/mol. The van der Waals surface area contributed by atoms with Gasteiger partial charge in [0.1, 0.15) is 5.82 Å². The van der Waals surface area contributed by atoms with Crippen molar-refractivity contribution in [3.63, 3.8) is 0 Å². The van der Waals surface area contributed by atoms with Gasteiger partial charge in [0, 0.05) is 13.1 Å². The Hall–Kier alpha value is -1.09. The fraction of sp³-hybridized carbons (Fsp3) is 0.625. The zero-order chi connectivity index (χ0) is 13.7. The number of nitrogens with two attached hydrogens (primary N) is 1. The molecule has 106 valence electrons. The Morgan fingerprint density at radius 3 is 2.84 bits per heavy atom. The number of benzene rings is 1. The molecule has 0 spiro atoms. The summed E-state index contributed by atoms with van der Waals surface area (Å²) in [6.07, 6.45) is 5.61. The molecule has 2 rings (SSSR count). The van der Waals surface area contributed by atoms with E-state index >= 15 is 0 Å². The lowest BCUT2D eigenvalue weighted by Gasteiger charge is -2.23. The van der Waals surface area contributed by atoms with Gasteiger partial charge in [-0.25, -0.2) is 4.39 Å². The summed E-state index contributed by atoms with van der Waals surface area (Å²) in [4.78, 5) is 2.21. The molecule has 3 heteroatoms. The summed E-state index contributed by atoms with van der Waals surface area (Å²) in [6, 6.07) is 5.57. The van der Waals surface area contributed by atoms with Crippen molar-refractivity contribution in [1.29, 1.82) is 0 Å². The molecule has 2 nitrogen and oxygen atoms in total. The number of nitrogens with zero attached hydrogens (tertiary/aromatic N) is 1. The third-order valence-corrected chi connectivity index (χ3v) is 4.21. The van der Waals surface area contributed by atoms with Gasteiger partial charge in [0.05, 0.1) is 5.69 Å². The summed E-state index contributed by atoms with van der Waals surface area (Å²) < 4.78 is 14.2. The Labute approximate surface area is 115 Å². The third-order valence-electron chi connectivity index (χ3n) is 4.21. The molecule has 1 aliphatic rings. The van der Waals surface area contributed by atoms with Crippen molar-refractivity contribution >= 4 is 5.69 Å². The minimum absolute atomic E-state index is 0.0964. The lowest BCUT2D eigenvalue weighted by molar-refractivity contribution is 0.459. The Kier molecular flexibility index (Phi) is 5.20. The molecule has 0 aliphatic carbocycles. The van der Waals surface area contributed by atoms with E-state index in [1.165, 1.54) is 25.7 Å². The molecule has 0 bridgehead atoms. The first kappa shape index (κ1) is 14.3. The molecule has 1 aromatic rings. The second kappa shape index (κ2) is 6.90. The fourth-order valence-corrected chi connectivity index (χ4v) is 2.94. The maximum absolute atomic E-state index is 14.2. The number of halogens is 1. The molecule has 0 radical (unpaired) electrons. The zero-order valence-electron chi connectivity index (χ0n) is 11.9. The highest BCUT2D eigenvalue weighted by atomic mass is 19.1. The van der Waals surface area contributed by atoms with Crippen molar-refractivity contribution in [2.75, 3.05) is 24.5 Å². The van der Waals surface area contributed by atoms with Crippen LogP contribution in [-0.4, -0.2) is 19.6 Å². The van der Waals surface area contributed by atoms with Gasteiger partial charge in [-0.1, -0.05) is 19.4 Å². The van der Waals surface area contributed by atoms with Crippen LogP contribution in [0.15, 0.2) is 18.2 Å². The second-order valence-electron chi connectivity index (χ2n) is 5.52. The van der Waals surface area contributed by atoms with Crippen LogP contribution in [0.2, 0.25) is 0 Å². The van der Waals surface area contributed by atoms with Crippen LogP contribution < -0.4 is 10.6 Å². The summed E-state index contributed by atoms with van der Waals surface area (Å²) in [6.45, 7) is 4.78. The van der Waals surface area contributed by atoms with Gasteiger partial charge in [-0.3, -0.25) is 0 Å². The van der Waals surface area contributed by atoms with Crippen LogP contribution in [0.25, 0.3) is 0 Å². The summed E-state index contributed by atoms with van der Waals surface area (Å²) >= 11 is 0. The molecular weight excluding hydrogens is 239 g/mol. The molecule has 1 fully saturated rings. The van der Waals surface area contributed by atoms with Gasteiger partial charge in [0.15, 0.2) is 0 Å². The minimum atomic E-state index is -0.0964. The van der Waals surface area contributed by atoms with E-state index in [-0.39, 0.29) is 5.82 Å². The Bertz CT molecular complexity index is 406. The highest BCUT2D eigenvalue weighted by Gasteiger charge is 2.18. The summed E-state index contributed by atoms with van der Waals surface area (Å²) in [5, 5.41) is 0. The van der Waals surface area contributed by atoms with Gasteiger partial charge < -0.3 is 10.6 Å². The van der Waals surface area contributed by atoms with E-state index in [4.69, 9.17) is 5.73 Å². The van der Waals surface area contributed by atoms with Crippen molar-refractivity contribution in [1.82, 2.24) is 0 Å². The lowest BCUT2D eigenvalue weighted by Crippen LogP contribution is -2.25. The molecule has 0 saturated carbocycles. The van der Waals surface area contributed by atoms with E-state index in [1.54, 1.807) is 6.07 Å². The number of rotatable bonds is 4. The highest BCUT2D eigenvalue weighted by molar-refractivity contribution is 5.49. The molecule has 1 aliphatic heterocycles. The Morgan fingerprint density at radius 1 is 1.32 bits per heavy atom. The molecule has 1 heterocycles. The number of anilines is 1. The zero-order valence-corrected chi connectivity index (χ0v) is 11.9. The fourth-order valence-electron chi connectivity index (χ4n) is 2.94. The van der Waals surface area contributed by atoms with E-state index in [2.05, 4.69) is 11.8 Å². The standard InChI is InChI=1S/C16H25FN2/c1-2-13-4-3-10-19(11-8-13)16-6-5-14(7-9-18)12-15(16)17/h5-6,12-13H,2-4,7-11,18H2,1H3. The van der Waals surface area contributed by atoms with E-state index in [9.17, 15) is 4.39 Å². The number of hydrogen-bond acceptors (Lipinski definition) is 2. The van der Waals surface area contributed by atoms with Gasteiger partial charge in [0.2, 0.25) is 0 Å². The maximum Gasteiger partial charge on any atom is 0.146 e. The average molecular weight is 264 g/mol. The molecule has 0 amide bonds. The van der Waals surface area contributed by atoms with Crippen LogP contribution in [0.5, 0.6) is 0 Å². The quantitative estimate of drug-likeness (QED) is 0.903. The molecule has 2 N–H and O–H groups in total. The largest absolute Gasteiger partial charge is 0.369 e. The second-order valence-corrected chi connectivity index (χ2v) is 5.52. The average Bonchev–Trinajstić information content (AvgIpc) is 2.64. The molecule has 1 unspecified atom stereocenters. The van der Waals surface area contributed by atoms with Crippen molar-refractivity contribution in [2.24, 2.45) is 11.7 Å². The van der Waals surface area contributed by atoms with Crippen molar-refractivity contribution in [3.8, 4) is 0 Å². The van der Waals surface area contributed by atoms with Crippen LogP contribution >= 0.6 is 0 Å². The number of hydrogen-bond donors (Lipinski definition) is 1. The van der Waals surface area contributed by atoms with E-state index in [1.807, 2.05) is 12.1 Å². The predicted octanol–water partition coefficient (Wildman–Crippen LogP) is 3.34. The first-order chi connectivity index (χ1) is 9.24. The van der Waals surface area contributed by atoms with Crippen LogP contribution in [0.3, 0.4) is 0 Å². The van der Waals surface area contributed by atoms with Crippen molar-refractivity contribution in [3.05, 3.63) is 29.6 Å². The van der Waals surface area contributed by atoms with Gasteiger partial charge in [-0.15, -0.1) is 0 Å². The molecule has 1 saturated heterocycles. The van der Waals surface area contributed by atoms with Gasteiger partial charge in [-0.05, 0) is 55.8 Å². The normalized spacial score (nSPS) is 20.4. The summed E-state index contributed by atoms with van der Waals surface area (Å²) in [7, 11) is 0. The third kappa shape index (κ3) is 3.69. The Morgan fingerprint density at radius 2 is 2.16 bits per heavy atom. The van der Waals surface area contributed by atoms with E-state index < -0.39 is 0 Å². The SMILES string of the molecule is CCC1CCCN(c2ccc(CCN)cc2F)CC1. The van der Waals surface area contributed by atoms with Crippen molar-refractivity contribution in [2.45, 2.75) is 39.0 Å². The molecule has 19 heavy (non-hydrogen) atoms. The Balaban J connectivity index is 2.08. The maximum atomic E-state index is 14.2. The van der Waals surface area contributed by atoms with E-state index in [0.29, 0.717) is 6.54 Å². The first-order valence-electron chi connectivity index (χ1n) is 7.48. The van der Waals surface area contributed by atoms with E-state index in [0.717, 1.165) is 36.7 Å². The molecule has 0 aromatic heterocycles. The highest BCUT2D eigenvalue weighted by Crippen LogP contribution is 2.26. The van der Waals surface area contributed by atoms with Gasteiger partial charge in [0.25, 0.3) is 0 Å². The van der Waals surface area contributed by atoms with Gasteiger partial charge >= 0.3 is 0 Å². The monoisotopic (exact) mass is 264 g/mol. The summed E-state index contributed by atoms with van der Waals surface area (Å²) in [5.74, 6) is 0.713. The lowest BCUT2D eigenvalue weighted by atomic mass is 9.98.